The fourth-order valence-electron chi connectivity index (χ4n) is 2.09. The molecule has 0 radical (unpaired) electrons. The molecule has 0 spiro atoms. The highest BCUT2D eigenvalue weighted by Gasteiger charge is 2.11. The summed E-state index contributed by atoms with van der Waals surface area (Å²) in [6.07, 6.45) is 3.37. The summed E-state index contributed by atoms with van der Waals surface area (Å²) in [5, 5.41) is 8.83. The van der Waals surface area contributed by atoms with E-state index in [1.54, 1.807) is 0 Å². The highest BCUT2D eigenvalue weighted by Crippen LogP contribution is 2.21. The van der Waals surface area contributed by atoms with Gasteiger partial charge < -0.3 is 10.7 Å². The maximum atomic E-state index is 7.68. The van der Waals surface area contributed by atoms with Gasteiger partial charge in [-0.15, -0.1) is 0 Å². The van der Waals surface area contributed by atoms with E-state index in [9.17, 15) is 0 Å². The molecule has 1 heterocycles. The van der Waals surface area contributed by atoms with E-state index in [4.69, 9.17) is 11.1 Å². The van der Waals surface area contributed by atoms with Crippen molar-refractivity contribution in [3.05, 3.63) is 30.3 Å². The number of rotatable bonds is 5. The first-order valence-electron chi connectivity index (χ1n) is 6.41. The van der Waals surface area contributed by atoms with Crippen LogP contribution in [0, 0.1) is 5.41 Å². The third-order valence-electron chi connectivity index (χ3n) is 3.08. The summed E-state index contributed by atoms with van der Waals surface area (Å²) >= 11 is 0. The van der Waals surface area contributed by atoms with E-state index in [1.165, 1.54) is 6.42 Å². The molecular weight excluding hydrogens is 224 g/mol. The molecule has 0 bridgehead atoms. The summed E-state index contributed by atoms with van der Waals surface area (Å²) in [5.41, 5.74) is 6.74. The maximum Gasteiger partial charge on any atom is 0.194 e. The zero-order valence-corrected chi connectivity index (χ0v) is 10.7. The van der Waals surface area contributed by atoms with Crippen LogP contribution in [0.2, 0.25) is 0 Å². The first kappa shape index (κ1) is 12.5. The second kappa shape index (κ2) is 5.58. The standard InChI is InChI=1S/C14H20N4/c1-2-3-6-9-18(14(15)16)13-10-11-7-4-5-8-12(11)17-13/h4-5,7-8,10,17H,2-3,6,9H2,1H3,(H3,15,16). The second-order valence-corrected chi connectivity index (χ2v) is 4.49. The number of fused-ring (bicyclic) bond motifs is 1. The van der Waals surface area contributed by atoms with Gasteiger partial charge in [-0.1, -0.05) is 38.0 Å². The first-order valence-corrected chi connectivity index (χ1v) is 6.41. The van der Waals surface area contributed by atoms with Gasteiger partial charge in [-0.25, -0.2) is 0 Å². The van der Waals surface area contributed by atoms with Crippen LogP contribution in [-0.4, -0.2) is 17.5 Å². The Labute approximate surface area is 107 Å². The Morgan fingerprint density at radius 3 is 2.78 bits per heavy atom. The van der Waals surface area contributed by atoms with Crippen LogP contribution in [-0.2, 0) is 0 Å². The Morgan fingerprint density at radius 1 is 1.33 bits per heavy atom. The number of anilines is 1. The number of nitrogens with one attached hydrogen (secondary N) is 2. The molecule has 0 saturated heterocycles. The van der Waals surface area contributed by atoms with Crippen molar-refractivity contribution >= 4 is 22.7 Å². The van der Waals surface area contributed by atoms with Crippen molar-refractivity contribution in [1.82, 2.24) is 4.98 Å². The highest BCUT2D eigenvalue weighted by atomic mass is 15.3. The van der Waals surface area contributed by atoms with Gasteiger partial charge in [0.15, 0.2) is 5.96 Å². The molecule has 4 nitrogen and oxygen atoms in total. The summed E-state index contributed by atoms with van der Waals surface area (Å²) in [7, 11) is 0. The number of H-pyrrole nitrogens is 1. The first-order chi connectivity index (χ1) is 8.72. The van der Waals surface area contributed by atoms with Crippen molar-refractivity contribution in [3.8, 4) is 0 Å². The van der Waals surface area contributed by atoms with Crippen molar-refractivity contribution in [1.29, 1.82) is 5.41 Å². The Kier molecular flexibility index (Phi) is 3.87. The van der Waals surface area contributed by atoms with Gasteiger partial charge in [0.25, 0.3) is 0 Å². The molecule has 0 fully saturated rings. The lowest BCUT2D eigenvalue weighted by Crippen LogP contribution is -2.37. The van der Waals surface area contributed by atoms with Crippen LogP contribution in [0.5, 0.6) is 0 Å². The quantitative estimate of drug-likeness (QED) is 0.430. The van der Waals surface area contributed by atoms with E-state index < -0.39 is 0 Å². The SMILES string of the molecule is CCCCCN(C(=N)N)c1cc2ccccc2[nH]1. The Balaban J connectivity index is 2.21. The molecule has 4 heteroatoms. The number of para-hydroxylation sites is 1. The van der Waals surface area contributed by atoms with Gasteiger partial charge in [-0.05, 0) is 18.6 Å². The molecular formula is C14H20N4. The van der Waals surface area contributed by atoms with E-state index in [1.807, 2.05) is 29.2 Å². The smallest absolute Gasteiger partial charge is 0.194 e. The van der Waals surface area contributed by atoms with Crippen LogP contribution in [0.15, 0.2) is 30.3 Å². The third-order valence-corrected chi connectivity index (χ3v) is 3.08. The van der Waals surface area contributed by atoms with Gasteiger partial charge in [0.2, 0.25) is 0 Å². The lowest BCUT2D eigenvalue weighted by atomic mass is 10.2. The second-order valence-electron chi connectivity index (χ2n) is 4.49. The number of benzene rings is 1. The summed E-state index contributed by atoms with van der Waals surface area (Å²) in [6, 6.07) is 10.1. The van der Waals surface area contributed by atoms with Crippen LogP contribution in [0.1, 0.15) is 26.2 Å². The van der Waals surface area contributed by atoms with Gasteiger partial charge in [0.05, 0.1) is 0 Å². The number of nitrogens with two attached hydrogens (primary N) is 1. The van der Waals surface area contributed by atoms with Crippen LogP contribution in [0.25, 0.3) is 10.9 Å². The minimum atomic E-state index is 0.0951. The van der Waals surface area contributed by atoms with Crippen molar-refractivity contribution < 1.29 is 0 Å². The molecule has 96 valence electrons. The van der Waals surface area contributed by atoms with Crippen LogP contribution in [0.4, 0.5) is 5.82 Å². The number of guanidine groups is 1. The van der Waals surface area contributed by atoms with Crippen LogP contribution >= 0.6 is 0 Å². The molecule has 0 amide bonds. The lowest BCUT2D eigenvalue weighted by Gasteiger charge is -2.20. The molecule has 1 aromatic carbocycles. The third kappa shape index (κ3) is 2.64. The molecule has 0 aliphatic heterocycles. The molecule has 2 aromatic rings. The zero-order chi connectivity index (χ0) is 13.0. The molecule has 2 rings (SSSR count). The Morgan fingerprint density at radius 2 is 2.11 bits per heavy atom. The van der Waals surface area contributed by atoms with Crippen molar-refractivity contribution in [2.45, 2.75) is 26.2 Å². The maximum absolute atomic E-state index is 7.68. The normalized spacial score (nSPS) is 10.7. The predicted molar refractivity (Wildman–Crippen MR) is 77.1 cm³/mol. The summed E-state index contributed by atoms with van der Waals surface area (Å²) in [4.78, 5) is 5.14. The number of nitrogens with zero attached hydrogens (tertiary/aromatic N) is 1. The van der Waals surface area contributed by atoms with Crippen LogP contribution < -0.4 is 10.6 Å². The van der Waals surface area contributed by atoms with Crippen molar-refractivity contribution in [2.75, 3.05) is 11.4 Å². The fourth-order valence-corrected chi connectivity index (χ4v) is 2.09. The molecule has 4 N–H and O–H groups in total. The largest absolute Gasteiger partial charge is 0.370 e. The van der Waals surface area contributed by atoms with Crippen molar-refractivity contribution in [3.63, 3.8) is 0 Å². The van der Waals surface area contributed by atoms with Crippen molar-refractivity contribution in [2.24, 2.45) is 5.73 Å². The van der Waals surface area contributed by atoms with Crippen LogP contribution in [0.3, 0.4) is 0 Å². The van der Waals surface area contributed by atoms with Gasteiger partial charge in [-0.3, -0.25) is 10.3 Å². The number of unbranched alkanes of at least 4 members (excludes halogenated alkanes) is 2. The highest BCUT2D eigenvalue weighted by molar-refractivity contribution is 5.95. The van der Waals surface area contributed by atoms with Gasteiger partial charge in [0, 0.05) is 17.4 Å². The summed E-state index contributed by atoms with van der Waals surface area (Å²) < 4.78 is 0. The van der Waals surface area contributed by atoms with E-state index in [-0.39, 0.29) is 5.96 Å². The molecule has 0 aliphatic rings. The zero-order valence-electron chi connectivity index (χ0n) is 10.7. The molecule has 0 unspecified atom stereocenters. The molecule has 1 aromatic heterocycles. The van der Waals surface area contributed by atoms with E-state index in [2.05, 4.69) is 18.0 Å². The Hall–Kier alpha value is -1.97. The molecule has 0 aliphatic carbocycles. The monoisotopic (exact) mass is 244 g/mol. The molecule has 18 heavy (non-hydrogen) atoms. The van der Waals surface area contributed by atoms with E-state index in [0.29, 0.717) is 0 Å². The summed E-state index contributed by atoms with van der Waals surface area (Å²) in [5.74, 6) is 0.998. The number of aromatic amines is 1. The fraction of sp³-hybridized carbons (Fsp3) is 0.357. The minimum absolute atomic E-state index is 0.0951. The van der Waals surface area contributed by atoms with E-state index >= 15 is 0 Å². The Bertz CT molecular complexity index is 496. The average Bonchev–Trinajstić information content (AvgIpc) is 2.77. The average molecular weight is 244 g/mol. The van der Waals surface area contributed by atoms with Gasteiger partial charge in [0.1, 0.15) is 5.82 Å². The number of aromatic nitrogens is 1. The molecule has 0 saturated carbocycles. The lowest BCUT2D eigenvalue weighted by molar-refractivity contribution is 0.717. The number of hydrogen-bond donors (Lipinski definition) is 3. The topological polar surface area (TPSA) is 68.9 Å². The number of hydrogen-bond acceptors (Lipinski definition) is 1. The molecule has 0 atom stereocenters. The van der Waals surface area contributed by atoms with E-state index in [0.717, 1.165) is 36.1 Å². The van der Waals surface area contributed by atoms with Gasteiger partial charge in [-0.2, -0.15) is 0 Å². The minimum Gasteiger partial charge on any atom is -0.370 e. The predicted octanol–water partition coefficient (Wildman–Crippen LogP) is 3.06. The summed E-state index contributed by atoms with van der Waals surface area (Å²) in [6.45, 7) is 2.96. The van der Waals surface area contributed by atoms with Gasteiger partial charge >= 0.3 is 0 Å².